The molecular formula is C24H20Cl3NOS. The van der Waals surface area contributed by atoms with Gasteiger partial charge in [0.1, 0.15) is 0 Å². The van der Waals surface area contributed by atoms with Gasteiger partial charge in [-0.3, -0.25) is 4.79 Å². The molecule has 1 N–H and O–H groups in total. The summed E-state index contributed by atoms with van der Waals surface area (Å²) in [4.78, 5) is 12.9. The molecule has 0 saturated carbocycles. The van der Waals surface area contributed by atoms with Gasteiger partial charge in [0.25, 0.3) is 5.91 Å². The van der Waals surface area contributed by atoms with Gasteiger partial charge in [0.05, 0.1) is 10.0 Å². The summed E-state index contributed by atoms with van der Waals surface area (Å²) in [6, 6.07) is 22.7. The van der Waals surface area contributed by atoms with Crippen LogP contribution in [0, 0.1) is 0 Å². The van der Waals surface area contributed by atoms with Crippen molar-refractivity contribution < 1.29 is 4.79 Å². The third kappa shape index (κ3) is 6.55. The van der Waals surface area contributed by atoms with Gasteiger partial charge < -0.3 is 5.32 Å². The van der Waals surface area contributed by atoms with Gasteiger partial charge in [-0.1, -0.05) is 89.4 Å². The molecule has 0 aliphatic rings. The molecule has 3 aromatic carbocycles. The summed E-state index contributed by atoms with van der Waals surface area (Å²) in [5.41, 5.74) is 3.34. The third-order valence-corrected chi connectivity index (χ3v) is 6.43. The van der Waals surface area contributed by atoms with Crippen molar-refractivity contribution in [3.63, 3.8) is 0 Å². The summed E-state index contributed by atoms with van der Waals surface area (Å²) in [5, 5.41) is 4.72. The number of halogens is 3. The second-order valence-corrected chi connectivity index (χ2v) is 8.83. The predicted octanol–water partition coefficient (Wildman–Crippen LogP) is 7.24. The van der Waals surface area contributed by atoms with Gasteiger partial charge in [-0.15, -0.1) is 0 Å². The first-order chi connectivity index (χ1) is 14.5. The molecular weight excluding hydrogens is 457 g/mol. The van der Waals surface area contributed by atoms with Gasteiger partial charge in [0, 0.05) is 28.6 Å². The quantitative estimate of drug-likeness (QED) is 0.211. The molecule has 0 heterocycles. The lowest BCUT2D eigenvalue weighted by molar-refractivity contribution is -0.115. The van der Waals surface area contributed by atoms with E-state index in [1.165, 1.54) is 0 Å². The number of rotatable bonds is 8. The van der Waals surface area contributed by atoms with E-state index in [0.29, 0.717) is 27.2 Å². The Balaban J connectivity index is 1.61. The number of carbonyl (C=O) groups excluding carboxylic acids is 1. The molecule has 3 rings (SSSR count). The summed E-state index contributed by atoms with van der Waals surface area (Å²) in [6.45, 7) is 0.553. The molecule has 3 aromatic rings. The Morgan fingerprint density at radius 2 is 1.60 bits per heavy atom. The molecule has 30 heavy (non-hydrogen) atoms. The highest BCUT2D eigenvalue weighted by atomic mass is 35.5. The summed E-state index contributed by atoms with van der Waals surface area (Å²) in [5.74, 6) is 1.45. The fraction of sp³-hybridized carbons (Fsp3) is 0.125. The number of amides is 1. The summed E-state index contributed by atoms with van der Waals surface area (Å²) < 4.78 is 0. The molecule has 154 valence electrons. The molecule has 1 amide bonds. The van der Waals surface area contributed by atoms with Gasteiger partial charge in [-0.05, 0) is 41.0 Å². The number of carbonyl (C=O) groups is 1. The van der Waals surface area contributed by atoms with Crippen LogP contribution in [0.4, 0.5) is 0 Å². The van der Waals surface area contributed by atoms with Crippen LogP contribution in [0.2, 0.25) is 15.1 Å². The van der Waals surface area contributed by atoms with Crippen molar-refractivity contribution in [1.82, 2.24) is 5.32 Å². The lowest BCUT2D eigenvalue weighted by Crippen LogP contribution is -2.26. The standard InChI is InChI=1S/C24H20Cl3NOS/c25-21-9-5-4-8-19(21)15-20(18-6-2-1-3-7-18)24(29)28-12-13-30-16-17-10-11-22(26)23(27)14-17/h1-11,14-15H,12-13,16H2,(H,28,29)/b20-15+. The van der Waals surface area contributed by atoms with Gasteiger partial charge in [0.2, 0.25) is 0 Å². The van der Waals surface area contributed by atoms with Crippen LogP contribution < -0.4 is 5.32 Å². The van der Waals surface area contributed by atoms with Crippen molar-refractivity contribution in [3.8, 4) is 0 Å². The van der Waals surface area contributed by atoms with E-state index in [2.05, 4.69) is 5.32 Å². The lowest BCUT2D eigenvalue weighted by Gasteiger charge is -2.10. The molecule has 2 nitrogen and oxygen atoms in total. The Hall–Kier alpha value is -1.91. The second kappa shape index (κ2) is 11.5. The van der Waals surface area contributed by atoms with E-state index in [1.807, 2.05) is 72.8 Å². The van der Waals surface area contributed by atoms with E-state index >= 15 is 0 Å². The number of nitrogens with one attached hydrogen (secondary N) is 1. The molecule has 0 bridgehead atoms. The molecule has 0 aliphatic carbocycles. The highest BCUT2D eigenvalue weighted by Gasteiger charge is 2.12. The first-order valence-corrected chi connectivity index (χ1v) is 11.6. The van der Waals surface area contributed by atoms with E-state index in [-0.39, 0.29) is 5.91 Å². The Bertz CT molecular complexity index is 1040. The monoisotopic (exact) mass is 475 g/mol. The smallest absolute Gasteiger partial charge is 0.251 e. The van der Waals surface area contributed by atoms with Crippen LogP contribution in [-0.4, -0.2) is 18.2 Å². The molecule has 0 radical (unpaired) electrons. The molecule has 0 aromatic heterocycles. The largest absolute Gasteiger partial charge is 0.351 e. The van der Waals surface area contributed by atoms with E-state index in [1.54, 1.807) is 17.8 Å². The summed E-state index contributed by atoms with van der Waals surface area (Å²) >= 11 is 20.0. The molecule has 0 fully saturated rings. The highest BCUT2D eigenvalue weighted by molar-refractivity contribution is 7.98. The number of hydrogen-bond acceptors (Lipinski definition) is 2. The van der Waals surface area contributed by atoms with Gasteiger partial charge in [0.15, 0.2) is 0 Å². The van der Waals surface area contributed by atoms with Crippen molar-refractivity contribution in [2.24, 2.45) is 0 Å². The van der Waals surface area contributed by atoms with E-state index < -0.39 is 0 Å². The van der Waals surface area contributed by atoms with Crippen LogP contribution in [0.3, 0.4) is 0 Å². The minimum atomic E-state index is -0.128. The van der Waals surface area contributed by atoms with Crippen molar-refractivity contribution in [1.29, 1.82) is 0 Å². The topological polar surface area (TPSA) is 29.1 Å². The first kappa shape index (κ1) is 22.8. The maximum atomic E-state index is 12.9. The molecule has 0 unspecified atom stereocenters. The average Bonchev–Trinajstić information content (AvgIpc) is 2.76. The normalized spacial score (nSPS) is 11.4. The van der Waals surface area contributed by atoms with Gasteiger partial charge in [-0.25, -0.2) is 0 Å². The van der Waals surface area contributed by atoms with Crippen LogP contribution in [0.25, 0.3) is 11.6 Å². The Morgan fingerprint density at radius 1 is 0.867 bits per heavy atom. The van der Waals surface area contributed by atoms with Crippen molar-refractivity contribution in [3.05, 3.63) is 105 Å². The number of hydrogen-bond donors (Lipinski definition) is 1. The molecule has 0 aliphatic heterocycles. The van der Waals surface area contributed by atoms with E-state index in [9.17, 15) is 4.79 Å². The third-order valence-electron chi connectivity index (χ3n) is 4.32. The first-order valence-electron chi connectivity index (χ1n) is 9.36. The molecule has 0 saturated heterocycles. The van der Waals surface area contributed by atoms with Crippen LogP contribution in [0.5, 0.6) is 0 Å². The van der Waals surface area contributed by atoms with Gasteiger partial charge in [-0.2, -0.15) is 11.8 Å². The average molecular weight is 477 g/mol. The number of thioether (sulfide) groups is 1. The second-order valence-electron chi connectivity index (χ2n) is 6.50. The Kier molecular flexibility index (Phi) is 8.71. The minimum Gasteiger partial charge on any atom is -0.351 e. The fourth-order valence-electron chi connectivity index (χ4n) is 2.80. The maximum absolute atomic E-state index is 12.9. The fourth-order valence-corrected chi connectivity index (χ4v) is 4.11. The maximum Gasteiger partial charge on any atom is 0.251 e. The zero-order chi connectivity index (χ0) is 21.3. The highest BCUT2D eigenvalue weighted by Crippen LogP contribution is 2.25. The molecule has 6 heteroatoms. The van der Waals surface area contributed by atoms with Gasteiger partial charge >= 0.3 is 0 Å². The predicted molar refractivity (Wildman–Crippen MR) is 131 cm³/mol. The molecule has 0 atom stereocenters. The summed E-state index contributed by atoms with van der Waals surface area (Å²) in [7, 11) is 0. The SMILES string of the molecule is O=C(NCCSCc1ccc(Cl)c(Cl)c1)/C(=C/c1ccccc1Cl)c1ccccc1. The zero-order valence-corrected chi connectivity index (χ0v) is 19.2. The van der Waals surface area contributed by atoms with E-state index in [0.717, 1.165) is 28.2 Å². The van der Waals surface area contributed by atoms with Crippen LogP contribution >= 0.6 is 46.6 Å². The van der Waals surface area contributed by atoms with E-state index in [4.69, 9.17) is 34.8 Å². The number of benzene rings is 3. The molecule has 0 spiro atoms. The van der Waals surface area contributed by atoms with Crippen LogP contribution in [-0.2, 0) is 10.5 Å². The van der Waals surface area contributed by atoms with Crippen molar-refractivity contribution in [2.45, 2.75) is 5.75 Å². The summed E-state index contributed by atoms with van der Waals surface area (Å²) in [6.07, 6.45) is 1.83. The van der Waals surface area contributed by atoms with Crippen LogP contribution in [0.1, 0.15) is 16.7 Å². The van der Waals surface area contributed by atoms with Crippen molar-refractivity contribution in [2.75, 3.05) is 12.3 Å². The zero-order valence-electron chi connectivity index (χ0n) is 16.1. The van der Waals surface area contributed by atoms with Crippen molar-refractivity contribution >= 4 is 64.1 Å². The van der Waals surface area contributed by atoms with Crippen LogP contribution in [0.15, 0.2) is 72.8 Å². The Morgan fingerprint density at radius 3 is 2.33 bits per heavy atom. The lowest BCUT2D eigenvalue weighted by atomic mass is 10.0. The minimum absolute atomic E-state index is 0.128. The Labute approximate surface area is 196 Å².